The van der Waals surface area contributed by atoms with Gasteiger partial charge in [-0.05, 0) is 67.1 Å². The lowest BCUT2D eigenvalue weighted by molar-refractivity contribution is 0.0944. The Labute approximate surface area is 203 Å². The summed E-state index contributed by atoms with van der Waals surface area (Å²) >= 11 is 6.04. The summed E-state index contributed by atoms with van der Waals surface area (Å²) in [5, 5.41) is 3.59. The number of carbonyl (C=O) groups is 1. The van der Waals surface area contributed by atoms with Gasteiger partial charge in [0, 0.05) is 42.6 Å². The van der Waals surface area contributed by atoms with Gasteiger partial charge in [-0.3, -0.25) is 9.20 Å². The minimum absolute atomic E-state index is 0.167. The summed E-state index contributed by atoms with van der Waals surface area (Å²) in [6.45, 7) is 4.20. The van der Waals surface area contributed by atoms with Crippen molar-refractivity contribution in [1.29, 1.82) is 0 Å². The first kappa shape index (κ1) is 22.4. The standard InChI is InChI=1S/C27H26ClFN4O/c1-18-26(33-15-12-22(28)16-25(33)31-18)27(34)30-17-19-2-8-24(9-3-19)32-13-10-21(11-14-32)20-4-6-23(29)7-5-20/h2-9,12,15-16,21H,10-11,13-14,17H2,1H3,(H,30,34). The van der Waals surface area contributed by atoms with Crippen LogP contribution in [-0.2, 0) is 6.54 Å². The van der Waals surface area contributed by atoms with Crippen molar-refractivity contribution in [2.75, 3.05) is 18.0 Å². The van der Waals surface area contributed by atoms with Gasteiger partial charge in [0.25, 0.3) is 5.91 Å². The van der Waals surface area contributed by atoms with Gasteiger partial charge in [0.2, 0.25) is 0 Å². The fourth-order valence-electron chi connectivity index (χ4n) is 4.71. The number of hydrogen-bond donors (Lipinski definition) is 1. The Morgan fingerprint density at radius 2 is 1.79 bits per heavy atom. The lowest BCUT2D eigenvalue weighted by Crippen LogP contribution is -2.32. The maximum absolute atomic E-state index is 13.2. The van der Waals surface area contributed by atoms with Crippen LogP contribution in [0.2, 0.25) is 5.02 Å². The molecular weight excluding hydrogens is 451 g/mol. The van der Waals surface area contributed by atoms with Crippen LogP contribution in [0.25, 0.3) is 5.65 Å². The molecule has 1 amide bonds. The Bertz CT molecular complexity index is 1310. The molecule has 1 aliphatic heterocycles. The number of pyridine rings is 1. The summed E-state index contributed by atoms with van der Waals surface area (Å²) in [5.74, 6) is 0.126. The second-order valence-corrected chi connectivity index (χ2v) is 9.22. The second kappa shape index (κ2) is 9.47. The summed E-state index contributed by atoms with van der Waals surface area (Å²) in [6, 6.07) is 18.7. The van der Waals surface area contributed by atoms with E-state index in [2.05, 4.69) is 39.5 Å². The number of piperidine rings is 1. The third-order valence-corrected chi connectivity index (χ3v) is 6.80. The van der Waals surface area contributed by atoms with Crippen molar-refractivity contribution in [3.8, 4) is 0 Å². The van der Waals surface area contributed by atoms with Crippen LogP contribution in [0.5, 0.6) is 0 Å². The molecule has 34 heavy (non-hydrogen) atoms. The lowest BCUT2D eigenvalue weighted by Gasteiger charge is -2.34. The van der Waals surface area contributed by atoms with Crippen molar-refractivity contribution < 1.29 is 9.18 Å². The zero-order valence-corrected chi connectivity index (χ0v) is 19.7. The van der Waals surface area contributed by atoms with Crippen LogP contribution in [0, 0.1) is 12.7 Å². The molecule has 1 aliphatic rings. The molecular formula is C27H26ClFN4O. The van der Waals surface area contributed by atoms with Crippen LogP contribution in [-0.4, -0.2) is 28.4 Å². The van der Waals surface area contributed by atoms with Crippen molar-refractivity contribution in [2.24, 2.45) is 0 Å². The zero-order valence-electron chi connectivity index (χ0n) is 19.0. The predicted octanol–water partition coefficient (Wildman–Crippen LogP) is 5.75. The van der Waals surface area contributed by atoms with Crippen molar-refractivity contribution in [2.45, 2.75) is 32.2 Å². The Morgan fingerprint density at radius 1 is 1.09 bits per heavy atom. The number of fused-ring (bicyclic) bond motifs is 1. The van der Waals surface area contributed by atoms with E-state index in [0.717, 1.165) is 31.5 Å². The number of anilines is 1. The highest BCUT2D eigenvalue weighted by Gasteiger charge is 2.21. The molecule has 2 aromatic heterocycles. The highest BCUT2D eigenvalue weighted by Crippen LogP contribution is 2.30. The van der Waals surface area contributed by atoms with Crippen LogP contribution in [0.1, 0.15) is 46.1 Å². The number of aromatic nitrogens is 2. The highest BCUT2D eigenvalue weighted by molar-refractivity contribution is 6.30. The van der Waals surface area contributed by atoms with E-state index in [1.54, 1.807) is 34.9 Å². The van der Waals surface area contributed by atoms with Crippen LogP contribution in [0.4, 0.5) is 10.1 Å². The molecule has 0 spiro atoms. The first-order chi connectivity index (χ1) is 16.5. The van der Waals surface area contributed by atoms with Crippen molar-refractivity contribution >= 4 is 28.8 Å². The van der Waals surface area contributed by atoms with Gasteiger partial charge in [0.15, 0.2) is 0 Å². The molecule has 4 aromatic rings. The minimum atomic E-state index is -0.184. The van der Waals surface area contributed by atoms with E-state index in [1.807, 2.05) is 19.1 Å². The largest absolute Gasteiger partial charge is 0.371 e. The van der Waals surface area contributed by atoms with Crippen molar-refractivity contribution in [3.63, 3.8) is 0 Å². The lowest BCUT2D eigenvalue weighted by atomic mass is 9.89. The number of halogens is 2. The molecule has 1 fully saturated rings. The zero-order chi connectivity index (χ0) is 23.7. The minimum Gasteiger partial charge on any atom is -0.371 e. The fourth-order valence-corrected chi connectivity index (χ4v) is 4.86. The smallest absolute Gasteiger partial charge is 0.270 e. The fraction of sp³-hybridized carbons (Fsp3) is 0.259. The van der Waals surface area contributed by atoms with Gasteiger partial charge in [0.1, 0.15) is 17.2 Å². The molecule has 7 heteroatoms. The average Bonchev–Trinajstić information content (AvgIpc) is 3.18. The number of hydrogen-bond acceptors (Lipinski definition) is 3. The van der Waals surface area contributed by atoms with Crippen LogP contribution in [0.3, 0.4) is 0 Å². The van der Waals surface area contributed by atoms with E-state index in [4.69, 9.17) is 11.6 Å². The van der Waals surface area contributed by atoms with Gasteiger partial charge >= 0.3 is 0 Å². The molecule has 1 saturated heterocycles. The molecule has 0 unspecified atom stereocenters. The molecule has 0 radical (unpaired) electrons. The summed E-state index contributed by atoms with van der Waals surface area (Å²) in [4.78, 5) is 19.7. The third kappa shape index (κ3) is 4.64. The first-order valence-electron chi connectivity index (χ1n) is 11.5. The topological polar surface area (TPSA) is 49.6 Å². The van der Waals surface area contributed by atoms with E-state index in [0.29, 0.717) is 34.5 Å². The van der Waals surface area contributed by atoms with Crippen LogP contribution >= 0.6 is 11.6 Å². The van der Waals surface area contributed by atoms with Crippen molar-refractivity contribution in [3.05, 3.63) is 100 Å². The van der Waals surface area contributed by atoms with E-state index >= 15 is 0 Å². The molecule has 174 valence electrons. The van der Waals surface area contributed by atoms with Gasteiger partial charge in [-0.25, -0.2) is 9.37 Å². The van der Waals surface area contributed by atoms with E-state index < -0.39 is 0 Å². The van der Waals surface area contributed by atoms with Gasteiger partial charge in [-0.1, -0.05) is 35.9 Å². The van der Waals surface area contributed by atoms with Crippen molar-refractivity contribution in [1.82, 2.24) is 14.7 Å². The van der Waals surface area contributed by atoms with E-state index in [1.165, 1.54) is 11.3 Å². The monoisotopic (exact) mass is 476 g/mol. The summed E-state index contributed by atoms with van der Waals surface area (Å²) < 4.78 is 15.0. The van der Waals surface area contributed by atoms with Crippen LogP contribution < -0.4 is 10.2 Å². The molecule has 0 saturated carbocycles. The normalized spacial score (nSPS) is 14.5. The Kier molecular flexibility index (Phi) is 6.24. The van der Waals surface area contributed by atoms with Gasteiger partial charge < -0.3 is 10.2 Å². The van der Waals surface area contributed by atoms with Gasteiger partial charge in [-0.15, -0.1) is 0 Å². The molecule has 0 bridgehead atoms. The SMILES string of the molecule is Cc1nc2cc(Cl)ccn2c1C(=O)NCc1ccc(N2CCC(c3ccc(F)cc3)CC2)cc1. The van der Waals surface area contributed by atoms with Gasteiger partial charge in [-0.2, -0.15) is 0 Å². The molecule has 0 aliphatic carbocycles. The first-order valence-corrected chi connectivity index (χ1v) is 11.9. The number of nitrogens with zero attached hydrogens (tertiary/aromatic N) is 3. The molecule has 0 atom stereocenters. The quantitative estimate of drug-likeness (QED) is 0.399. The molecule has 2 aromatic carbocycles. The Hall–Kier alpha value is -3.38. The molecule has 3 heterocycles. The molecule has 5 rings (SSSR count). The van der Waals surface area contributed by atoms with Gasteiger partial charge in [0.05, 0.1) is 5.69 Å². The molecule has 5 nitrogen and oxygen atoms in total. The molecule has 1 N–H and O–H groups in total. The van der Waals surface area contributed by atoms with E-state index in [9.17, 15) is 9.18 Å². The average molecular weight is 477 g/mol. The second-order valence-electron chi connectivity index (χ2n) is 8.78. The number of nitrogens with one attached hydrogen (secondary N) is 1. The maximum Gasteiger partial charge on any atom is 0.270 e. The summed E-state index contributed by atoms with van der Waals surface area (Å²) in [7, 11) is 0. The number of rotatable bonds is 5. The predicted molar refractivity (Wildman–Crippen MR) is 133 cm³/mol. The summed E-state index contributed by atoms with van der Waals surface area (Å²) in [5.41, 5.74) is 5.28. The Balaban J connectivity index is 1.18. The number of imidazole rings is 1. The third-order valence-electron chi connectivity index (χ3n) is 6.57. The number of carbonyl (C=O) groups excluding carboxylic acids is 1. The summed E-state index contributed by atoms with van der Waals surface area (Å²) in [6.07, 6.45) is 3.86. The van der Waals surface area contributed by atoms with Crippen LogP contribution in [0.15, 0.2) is 66.9 Å². The number of benzene rings is 2. The Morgan fingerprint density at radius 3 is 2.50 bits per heavy atom. The highest BCUT2D eigenvalue weighted by atomic mass is 35.5. The maximum atomic E-state index is 13.2. The van der Waals surface area contributed by atoms with E-state index in [-0.39, 0.29) is 11.7 Å². The number of aryl methyl sites for hydroxylation is 1. The number of amides is 1.